The fourth-order valence-electron chi connectivity index (χ4n) is 5.90. The SMILES string of the molecule is CC1(C)CC(NC(=O)c2cccc(-c3cc(-c4ccccc4O)nc(NC(=O)c4ccco4)c3C#N)c2)CC(C)(C)N1. The summed E-state index contributed by atoms with van der Waals surface area (Å²) in [6, 6.07) is 20.6. The highest BCUT2D eigenvalue weighted by Crippen LogP contribution is 2.36. The van der Waals surface area contributed by atoms with Gasteiger partial charge in [0.2, 0.25) is 0 Å². The molecule has 1 aliphatic rings. The average Bonchev–Trinajstić information content (AvgIpc) is 3.47. The zero-order chi connectivity index (χ0) is 30.1. The zero-order valence-electron chi connectivity index (χ0n) is 24.0. The summed E-state index contributed by atoms with van der Waals surface area (Å²) < 4.78 is 5.21. The van der Waals surface area contributed by atoms with Crippen LogP contribution in [0.4, 0.5) is 5.82 Å². The van der Waals surface area contributed by atoms with E-state index in [1.807, 2.05) is 0 Å². The van der Waals surface area contributed by atoms with Gasteiger partial charge < -0.3 is 25.5 Å². The Balaban J connectivity index is 1.54. The molecule has 0 atom stereocenters. The van der Waals surface area contributed by atoms with E-state index in [9.17, 15) is 20.0 Å². The van der Waals surface area contributed by atoms with E-state index in [1.165, 1.54) is 18.4 Å². The van der Waals surface area contributed by atoms with Gasteiger partial charge in [0, 0.05) is 33.8 Å². The van der Waals surface area contributed by atoms with E-state index in [1.54, 1.807) is 54.6 Å². The Morgan fingerprint density at radius 1 is 0.976 bits per heavy atom. The highest BCUT2D eigenvalue weighted by molar-refractivity contribution is 6.03. The second-order valence-electron chi connectivity index (χ2n) is 11.9. The lowest BCUT2D eigenvalue weighted by Gasteiger charge is -2.46. The molecule has 2 amide bonds. The number of phenolic OH excluding ortho intramolecular Hbond substituents is 1. The average molecular weight is 564 g/mol. The van der Waals surface area contributed by atoms with Crippen molar-refractivity contribution in [3.05, 3.63) is 89.9 Å². The number of nitrogens with one attached hydrogen (secondary N) is 3. The number of carbonyl (C=O) groups excluding carboxylic acids is 2. The zero-order valence-corrected chi connectivity index (χ0v) is 24.0. The molecule has 0 saturated carbocycles. The number of furan rings is 1. The summed E-state index contributed by atoms with van der Waals surface area (Å²) in [5, 5.41) is 30.3. The maximum absolute atomic E-state index is 13.4. The summed E-state index contributed by atoms with van der Waals surface area (Å²) in [5.74, 6) is -0.743. The van der Waals surface area contributed by atoms with Crippen LogP contribution in [0.5, 0.6) is 5.75 Å². The number of pyridine rings is 1. The predicted molar refractivity (Wildman–Crippen MR) is 160 cm³/mol. The van der Waals surface area contributed by atoms with Crippen molar-refractivity contribution in [1.82, 2.24) is 15.6 Å². The van der Waals surface area contributed by atoms with E-state index in [0.717, 1.165) is 12.8 Å². The van der Waals surface area contributed by atoms with Crippen LogP contribution in [0.1, 0.15) is 67.0 Å². The van der Waals surface area contributed by atoms with Crippen molar-refractivity contribution in [3.63, 3.8) is 0 Å². The van der Waals surface area contributed by atoms with E-state index in [-0.39, 0.29) is 45.9 Å². The van der Waals surface area contributed by atoms with Crippen LogP contribution in [0, 0.1) is 11.3 Å². The molecule has 0 unspecified atom stereocenters. The van der Waals surface area contributed by atoms with Gasteiger partial charge in [0.15, 0.2) is 11.6 Å². The van der Waals surface area contributed by atoms with Crippen LogP contribution in [0.25, 0.3) is 22.4 Å². The van der Waals surface area contributed by atoms with E-state index in [4.69, 9.17) is 4.42 Å². The third kappa shape index (κ3) is 6.19. The summed E-state index contributed by atoms with van der Waals surface area (Å²) in [7, 11) is 0. The van der Waals surface area contributed by atoms with Gasteiger partial charge in [-0.25, -0.2) is 4.98 Å². The van der Waals surface area contributed by atoms with E-state index in [0.29, 0.717) is 27.9 Å². The first-order valence-corrected chi connectivity index (χ1v) is 13.7. The van der Waals surface area contributed by atoms with Gasteiger partial charge in [0.05, 0.1) is 12.0 Å². The van der Waals surface area contributed by atoms with Gasteiger partial charge in [0.1, 0.15) is 17.4 Å². The van der Waals surface area contributed by atoms with Crippen LogP contribution in [0.2, 0.25) is 0 Å². The summed E-state index contributed by atoms with van der Waals surface area (Å²) in [5.41, 5.74) is 2.07. The number of carbonyl (C=O) groups is 2. The number of benzene rings is 2. The Morgan fingerprint density at radius 3 is 2.38 bits per heavy atom. The number of nitrogens with zero attached hydrogens (tertiary/aromatic N) is 2. The Hall–Kier alpha value is -4.94. The molecule has 1 aliphatic heterocycles. The van der Waals surface area contributed by atoms with Crippen LogP contribution < -0.4 is 16.0 Å². The lowest BCUT2D eigenvalue weighted by atomic mass is 9.79. The van der Waals surface area contributed by atoms with Crippen molar-refractivity contribution >= 4 is 17.6 Å². The quantitative estimate of drug-likeness (QED) is 0.230. The normalized spacial score (nSPS) is 15.9. The number of piperidine rings is 1. The summed E-state index contributed by atoms with van der Waals surface area (Å²) in [6.45, 7) is 8.52. The summed E-state index contributed by atoms with van der Waals surface area (Å²) in [6.07, 6.45) is 2.95. The van der Waals surface area contributed by atoms with Crippen LogP contribution >= 0.6 is 0 Å². The minimum Gasteiger partial charge on any atom is -0.507 e. The Kier molecular flexibility index (Phi) is 7.59. The van der Waals surface area contributed by atoms with Gasteiger partial charge in [-0.15, -0.1) is 0 Å². The number of anilines is 1. The van der Waals surface area contributed by atoms with Crippen LogP contribution in [-0.2, 0) is 0 Å². The molecule has 9 heteroatoms. The number of rotatable bonds is 6. The maximum atomic E-state index is 13.4. The first kappa shape index (κ1) is 28.6. The molecule has 4 aromatic rings. The smallest absolute Gasteiger partial charge is 0.292 e. The molecule has 0 spiro atoms. The molecule has 0 bridgehead atoms. The van der Waals surface area contributed by atoms with Crippen molar-refractivity contribution in [1.29, 1.82) is 5.26 Å². The third-order valence-corrected chi connectivity index (χ3v) is 7.25. The van der Waals surface area contributed by atoms with Gasteiger partial charge in [0.25, 0.3) is 11.8 Å². The van der Waals surface area contributed by atoms with Gasteiger partial charge in [-0.05, 0) is 88.6 Å². The number of hydrogen-bond acceptors (Lipinski definition) is 7. The largest absolute Gasteiger partial charge is 0.507 e. The second kappa shape index (κ2) is 11.1. The minimum atomic E-state index is -0.578. The Labute approximate surface area is 244 Å². The van der Waals surface area contributed by atoms with Crippen molar-refractivity contribution < 1.29 is 19.1 Å². The highest BCUT2D eigenvalue weighted by Gasteiger charge is 2.38. The second-order valence-corrected chi connectivity index (χ2v) is 11.9. The van der Waals surface area contributed by atoms with Crippen LogP contribution in [0.15, 0.2) is 77.4 Å². The van der Waals surface area contributed by atoms with Gasteiger partial charge >= 0.3 is 0 Å². The first-order chi connectivity index (χ1) is 19.9. The number of aromatic hydroxyl groups is 1. The standard InChI is InChI=1S/C33H33N5O4/c1-32(2)17-22(18-33(3,4)38-32)35-30(40)21-10-7-9-20(15-21)24-16-26(23-11-5-6-12-27(23)39)36-29(25(24)19-34)37-31(41)28-13-8-14-42-28/h5-16,22,38-39H,17-18H2,1-4H3,(H,35,40)(H,36,37,41). The maximum Gasteiger partial charge on any atom is 0.292 e. The van der Waals surface area contributed by atoms with Gasteiger partial charge in [-0.3, -0.25) is 9.59 Å². The lowest BCUT2D eigenvalue weighted by molar-refractivity contribution is 0.0872. The summed E-state index contributed by atoms with van der Waals surface area (Å²) in [4.78, 5) is 30.8. The molecule has 2 aromatic carbocycles. The fraction of sp³-hybridized carbons (Fsp3) is 0.273. The molecule has 9 nitrogen and oxygen atoms in total. The number of hydrogen-bond donors (Lipinski definition) is 4. The molecule has 4 N–H and O–H groups in total. The minimum absolute atomic E-state index is 0.00340. The lowest BCUT2D eigenvalue weighted by Crippen LogP contribution is -2.62. The number of phenols is 1. The molecular formula is C33H33N5O4. The topological polar surface area (TPSA) is 140 Å². The van der Waals surface area contributed by atoms with E-state index in [2.05, 4.69) is 54.7 Å². The molecule has 2 aromatic heterocycles. The molecule has 1 fully saturated rings. The molecule has 42 heavy (non-hydrogen) atoms. The third-order valence-electron chi connectivity index (χ3n) is 7.25. The van der Waals surface area contributed by atoms with E-state index >= 15 is 0 Å². The highest BCUT2D eigenvalue weighted by atomic mass is 16.3. The van der Waals surface area contributed by atoms with Crippen molar-refractivity contribution in [2.24, 2.45) is 0 Å². The Bertz CT molecular complexity index is 1670. The molecular weight excluding hydrogens is 530 g/mol. The number of para-hydroxylation sites is 1. The van der Waals surface area contributed by atoms with Crippen LogP contribution in [-0.4, -0.2) is 39.0 Å². The molecule has 3 heterocycles. The molecule has 5 rings (SSSR count). The molecule has 0 radical (unpaired) electrons. The van der Waals surface area contributed by atoms with Crippen molar-refractivity contribution in [2.75, 3.05) is 5.32 Å². The van der Waals surface area contributed by atoms with E-state index < -0.39 is 5.91 Å². The molecule has 1 saturated heterocycles. The van der Waals surface area contributed by atoms with Gasteiger partial charge in [-0.2, -0.15) is 5.26 Å². The summed E-state index contributed by atoms with van der Waals surface area (Å²) >= 11 is 0. The molecule has 214 valence electrons. The number of amides is 2. The predicted octanol–water partition coefficient (Wildman–Crippen LogP) is 5.88. The first-order valence-electron chi connectivity index (χ1n) is 13.7. The number of aromatic nitrogens is 1. The van der Waals surface area contributed by atoms with Gasteiger partial charge in [-0.1, -0.05) is 24.3 Å². The monoisotopic (exact) mass is 563 g/mol. The van der Waals surface area contributed by atoms with Crippen molar-refractivity contribution in [3.8, 4) is 34.2 Å². The Morgan fingerprint density at radius 2 is 1.71 bits per heavy atom. The number of nitriles is 1. The van der Waals surface area contributed by atoms with Crippen LogP contribution in [0.3, 0.4) is 0 Å². The van der Waals surface area contributed by atoms with Crippen molar-refractivity contribution in [2.45, 2.75) is 57.7 Å². The fourth-order valence-corrected chi connectivity index (χ4v) is 5.90. The molecule has 0 aliphatic carbocycles.